The van der Waals surface area contributed by atoms with Gasteiger partial charge >= 0.3 is 8.56 Å². The Balaban J connectivity index is 0. The normalized spacial score (nSPS) is 13.9. The number of hydrogen-bond donors (Lipinski definition) is 3. The summed E-state index contributed by atoms with van der Waals surface area (Å²) in [6.45, 7) is 12.2. The van der Waals surface area contributed by atoms with Crippen LogP contribution in [0.15, 0.2) is 0 Å². The van der Waals surface area contributed by atoms with Crippen LogP contribution in [0.2, 0.25) is 30.2 Å². The van der Waals surface area contributed by atoms with E-state index in [4.69, 9.17) is 9.59 Å². The number of hydrogen-bond acceptors (Lipinski definition) is 3. The van der Waals surface area contributed by atoms with E-state index in [1.165, 1.54) is 18.1 Å². The fraction of sp³-hybridized carbons (Fsp3) is 1.00. The second-order valence-electron chi connectivity index (χ2n) is 4.79. The lowest BCUT2D eigenvalue weighted by Gasteiger charge is -2.30. The average molecular weight is 281 g/mol. The molecule has 0 amide bonds. The molecule has 3 N–H and O–H groups in total. The molecule has 17 heavy (non-hydrogen) atoms. The minimum atomic E-state index is -2.65. The van der Waals surface area contributed by atoms with Gasteiger partial charge in [-0.15, -0.1) is 0 Å². The second-order valence-corrected chi connectivity index (χ2v) is 13.8. The smallest absolute Gasteiger partial charge is 0.332 e. The van der Waals surface area contributed by atoms with E-state index in [0.29, 0.717) is 12.1 Å². The maximum absolute atomic E-state index is 9.52. The van der Waals surface area contributed by atoms with Crippen molar-refractivity contribution < 1.29 is 14.7 Å². The number of aliphatic hydroxyl groups excluding tert-OH is 1. The maximum atomic E-state index is 9.52. The summed E-state index contributed by atoms with van der Waals surface area (Å²) >= 11 is 0. The first-order valence-corrected chi connectivity index (χ1v) is 11.9. The molecule has 5 heteroatoms. The summed E-state index contributed by atoms with van der Waals surface area (Å²) in [5.41, 5.74) is -0.0208. The zero-order chi connectivity index (χ0) is 14.1. The average Bonchev–Trinajstić information content (AvgIpc) is 2.32. The number of aliphatic hydroxyl groups is 1. The topological polar surface area (TPSA) is 60.7 Å². The summed E-state index contributed by atoms with van der Waals surface area (Å²) in [5, 5.41) is 9.52. The molecule has 106 valence electrons. The molecule has 1 atom stereocenters. The van der Waals surface area contributed by atoms with Crippen molar-refractivity contribution in [2.75, 3.05) is 0 Å². The van der Waals surface area contributed by atoms with Gasteiger partial charge in [-0.2, -0.15) is 0 Å². The highest BCUT2D eigenvalue weighted by Crippen LogP contribution is 2.23. The van der Waals surface area contributed by atoms with Crippen LogP contribution in [-0.2, 0) is 0 Å². The van der Waals surface area contributed by atoms with Gasteiger partial charge in [0.2, 0.25) is 0 Å². The van der Waals surface area contributed by atoms with Crippen LogP contribution < -0.4 is 0 Å². The molecule has 0 aromatic carbocycles. The fourth-order valence-corrected chi connectivity index (χ4v) is 5.66. The molecule has 0 aliphatic heterocycles. The molecule has 0 aromatic heterocycles. The van der Waals surface area contributed by atoms with E-state index < -0.39 is 16.6 Å². The molecular formula is C12H32O3Si2. The van der Waals surface area contributed by atoms with Gasteiger partial charge in [0.25, 0.3) is 0 Å². The third-order valence-electron chi connectivity index (χ3n) is 4.13. The highest BCUT2D eigenvalue weighted by Gasteiger charge is 2.31. The molecule has 0 bridgehead atoms. The van der Waals surface area contributed by atoms with E-state index in [-0.39, 0.29) is 5.73 Å². The molecule has 0 heterocycles. The third-order valence-corrected chi connectivity index (χ3v) is 12.4. The Morgan fingerprint density at radius 1 is 0.765 bits per heavy atom. The Morgan fingerprint density at radius 2 is 1.06 bits per heavy atom. The molecule has 1 unspecified atom stereocenters. The van der Waals surface area contributed by atoms with E-state index in [9.17, 15) is 5.11 Å². The molecule has 0 aromatic rings. The van der Waals surface area contributed by atoms with Gasteiger partial charge in [0.1, 0.15) is 0 Å². The highest BCUT2D eigenvalue weighted by atomic mass is 28.4. The molecule has 0 rings (SSSR count). The van der Waals surface area contributed by atoms with Crippen molar-refractivity contribution in [1.82, 2.24) is 0 Å². The summed E-state index contributed by atoms with van der Waals surface area (Å²) in [6.07, 6.45) is 0. The molecule has 0 saturated carbocycles. The van der Waals surface area contributed by atoms with Crippen LogP contribution in [0.3, 0.4) is 0 Å². The van der Waals surface area contributed by atoms with Crippen LogP contribution in [0.4, 0.5) is 0 Å². The Morgan fingerprint density at radius 3 is 1.06 bits per heavy atom. The largest absolute Gasteiger partial charge is 0.411 e. The van der Waals surface area contributed by atoms with Gasteiger partial charge in [0, 0.05) is 5.73 Å². The van der Waals surface area contributed by atoms with Crippen molar-refractivity contribution in [3.63, 3.8) is 0 Å². The second kappa shape index (κ2) is 9.27. The molecule has 0 radical (unpaired) electrons. The zero-order valence-corrected chi connectivity index (χ0v) is 14.5. The summed E-state index contributed by atoms with van der Waals surface area (Å²) in [7, 11) is -3.89. The van der Waals surface area contributed by atoms with E-state index in [2.05, 4.69) is 20.8 Å². The predicted molar refractivity (Wildman–Crippen MR) is 80.0 cm³/mol. The van der Waals surface area contributed by atoms with Gasteiger partial charge in [-0.05, 0) is 19.0 Å². The molecular weight excluding hydrogens is 248 g/mol. The Labute approximate surface area is 109 Å². The van der Waals surface area contributed by atoms with Crippen LogP contribution in [-0.4, -0.2) is 37.1 Å². The lowest BCUT2D eigenvalue weighted by molar-refractivity contribution is 0.261. The molecule has 0 spiro atoms. The first kappa shape index (κ1) is 19.6. The van der Waals surface area contributed by atoms with Crippen LogP contribution in [0.5, 0.6) is 0 Å². The summed E-state index contributed by atoms with van der Waals surface area (Å²) in [4.78, 5) is 17.7. The van der Waals surface area contributed by atoms with Crippen molar-refractivity contribution in [1.29, 1.82) is 0 Å². The monoisotopic (exact) mass is 280 g/mol. The molecule has 0 aliphatic carbocycles. The van der Waals surface area contributed by atoms with Gasteiger partial charge in [-0.25, -0.2) is 0 Å². The Bertz CT molecular complexity index is 166. The van der Waals surface area contributed by atoms with E-state index in [0.717, 1.165) is 0 Å². The van der Waals surface area contributed by atoms with Crippen molar-refractivity contribution in [2.24, 2.45) is 0 Å². The van der Waals surface area contributed by atoms with E-state index >= 15 is 0 Å². The standard InChI is InChI=1S/C8H20OSi.C4H12O2Si/c1-5-10(6-2,7-3)8(4)9;1-3-7(5,6)4-2/h8-9H,5-7H2,1-4H3;5-6H,3-4H2,1-2H3. The zero-order valence-electron chi connectivity index (χ0n) is 12.5. The van der Waals surface area contributed by atoms with E-state index in [1.807, 2.05) is 6.92 Å². The summed E-state index contributed by atoms with van der Waals surface area (Å²) in [5.74, 6) is 0. The first-order valence-electron chi connectivity index (χ1n) is 6.87. The van der Waals surface area contributed by atoms with Gasteiger partial charge in [-0.3, -0.25) is 0 Å². The molecule has 0 saturated heterocycles. The van der Waals surface area contributed by atoms with Crippen LogP contribution in [0.25, 0.3) is 0 Å². The van der Waals surface area contributed by atoms with Crippen LogP contribution in [0, 0.1) is 0 Å². The Hall–Kier alpha value is 0.314. The number of rotatable bonds is 6. The predicted octanol–water partition coefficient (Wildman–Crippen LogP) is 2.87. The van der Waals surface area contributed by atoms with Crippen LogP contribution in [0.1, 0.15) is 41.5 Å². The summed E-state index contributed by atoms with van der Waals surface area (Å²) in [6, 6.07) is 4.75. The van der Waals surface area contributed by atoms with Gasteiger partial charge in [0.15, 0.2) is 0 Å². The molecule has 3 nitrogen and oxygen atoms in total. The highest BCUT2D eigenvalue weighted by molar-refractivity contribution is 6.80. The molecule has 0 fully saturated rings. The van der Waals surface area contributed by atoms with Gasteiger partial charge < -0.3 is 14.7 Å². The lowest BCUT2D eigenvalue weighted by Crippen LogP contribution is -2.43. The van der Waals surface area contributed by atoms with E-state index in [1.54, 1.807) is 13.8 Å². The summed E-state index contributed by atoms with van der Waals surface area (Å²) < 4.78 is 0. The minimum Gasteiger partial charge on any atom is -0.411 e. The first-order chi connectivity index (χ1) is 7.75. The maximum Gasteiger partial charge on any atom is 0.332 e. The Kier molecular flexibility index (Phi) is 10.7. The SMILES string of the molecule is CC[Si](CC)(CC)C(C)O.CC[Si](O)(O)CC. The van der Waals surface area contributed by atoms with Gasteiger partial charge in [0.05, 0.1) is 8.07 Å². The minimum absolute atomic E-state index is 0.0208. The lowest BCUT2D eigenvalue weighted by atomic mass is 10.8. The van der Waals surface area contributed by atoms with Crippen LogP contribution >= 0.6 is 0 Å². The van der Waals surface area contributed by atoms with Crippen molar-refractivity contribution in [2.45, 2.75) is 77.5 Å². The van der Waals surface area contributed by atoms with Gasteiger partial charge in [-0.1, -0.05) is 52.8 Å². The quantitative estimate of drug-likeness (QED) is 0.656. The fourth-order valence-electron chi connectivity index (χ4n) is 1.89. The van der Waals surface area contributed by atoms with Crippen molar-refractivity contribution >= 4 is 16.6 Å². The van der Waals surface area contributed by atoms with Crippen molar-refractivity contribution in [3.8, 4) is 0 Å². The third kappa shape index (κ3) is 7.36. The van der Waals surface area contributed by atoms with Crippen molar-refractivity contribution in [3.05, 3.63) is 0 Å². The molecule has 0 aliphatic rings.